The maximum absolute atomic E-state index is 13.7. The van der Waals surface area contributed by atoms with Crippen molar-refractivity contribution in [3.63, 3.8) is 0 Å². The molecule has 9 rings (SSSR count). The van der Waals surface area contributed by atoms with Crippen LogP contribution in [-0.2, 0) is 56.9 Å². The number of benzene rings is 1. The van der Waals surface area contributed by atoms with Crippen LogP contribution in [0.25, 0.3) is 0 Å². The number of carbonyl (C=O) groups excluding carboxylic acids is 2. The third kappa shape index (κ3) is 9.80. The first kappa shape index (κ1) is 57.9. The number of phenolic OH excluding ortho intramolecular Hbond substituents is 1. The number of rotatable bonds is 14. The van der Waals surface area contributed by atoms with Gasteiger partial charge in [-0.3, -0.25) is 4.79 Å². The molecule has 4 saturated heterocycles. The highest BCUT2D eigenvalue weighted by Gasteiger charge is 2.81. The first-order valence-electron chi connectivity index (χ1n) is 26.9. The Bertz CT molecular complexity index is 2240. The Morgan fingerprint density at radius 3 is 1.87 bits per heavy atom. The summed E-state index contributed by atoms with van der Waals surface area (Å²) in [7, 11) is 3.04. The van der Waals surface area contributed by atoms with Gasteiger partial charge in [0, 0.05) is 39.4 Å². The van der Waals surface area contributed by atoms with Crippen LogP contribution in [0.4, 0.5) is 0 Å². The fourth-order valence-electron chi connectivity index (χ4n) is 14.5. The number of hydrogen-bond donors (Lipinski definition) is 9. The number of aromatic hydroxyl groups is 1. The van der Waals surface area contributed by atoms with Crippen molar-refractivity contribution in [1.29, 1.82) is 0 Å². The zero-order valence-electron chi connectivity index (χ0n) is 44.5. The quantitative estimate of drug-likeness (QED) is 0.0933. The second kappa shape index (κ2) is 21.9. The van der Waals surface area contributed by atoms with Gasteiger partial charge in [0.15, 0.2) is 30.9 Å². The van der Waals surface area contributed by atoms with Crippen molar-refractivity contribution in [3.05, 3.63) is 41.5 Å². The number of hydrogen-bond acceptors (Lipinski definition) is 22. The van der Waals surface area contributed by atoms with Crippen molar-refractivity contribution in [2.24, 2.45) is 16.7 Å². The summed E-state index contributed by atoms with van der Waals surface area (Å²) < 4.78 is 67.9. The van der Waals surface area contributed by atoms with E-state index >= 15 is 0 Å². The second-order valence-electron chi connectivity index (χ2n) is 23.1. The normalized spacial score (nSPS) is 49.4. The lowest BCUT2D eigenvalue weighted by atomic mass is 9.42. The van der Waals surface area contributed by atoms with Gasteiger partial charge >= 0.3 is 5.97 Å². The molecule has 1 aromatic rings. The van der Waals surface area contributed by atoms with Crippen LogP contribution < -0.4 is 0 Å². The summed E-state index contributed by atoms with van der Waals surface area (Å²) >= 11 is 0. The number of esters is 1. The highest BCUT2D eigenvalue weighted by molar-refractivity contribution is 5.90. The van der Waals surface area contributed by atoms with Crippen molar-refractivity contribution in [2.45, 2.75) is 239 Å². The summed E-state index contributed by atoms with van der Waals surface area (Å²) in [5, 5.41) is 100. The fraction of sp³-hybridized carbons (Fsp3) is 0.815. The first-order chi connectivity index (χ1) is 35.9. The lowest BCUT2D eigenvalue weighted by Crippen LogP contribution is -2.78. The van der Waals surface area contributed by atoms with E-state index in [2.05, 4.69) is 0 Å². The molecule has 8 aliphatic rings. The Balaban J connectivity index is 0.801. The van der Waals surface area contributed by atoms with Crippen LogP contribution in [0.3, 0.4) is 0 Å². The van der Waals surface area contributed by atoms with E-state index < -0.39 is 163 Å². The molecule has 9 N–H and O–H groups in total. The van der Waals surface area contributed by atoms with Gasteiger partial charge in [0.2, 0.25) is 0 Å². The topological polar surface area (TPSA) is 318 Å². The van der Waals surface area contributed by atoms with Gasteiger partial charge in [0.1, 0.15) is 71.4 Å². The Labute approximate surface area is 442 Å². The number of carbonyl (C=O) groups is 2. The van der Waals surface area contributed by atoms with E-state index in [1.807, 2.05) is 19.9 Å². The van der Waals surface area contributed by atoms with Crippen LogP contribution in [0.2, 0.25) is 0 Å². The summed E-state index contributed by atoms with van der Waals surface area (Å²) in [6, 6.07) is 5.51. The summed E-state index contributed by atoms with van der Waals surface area (Å²) in [4.78, 5) is 27.0. The second-order valence-corrected chi connectivity index (χ2v) is 23.1. The molecule has 25 unspecified atom stereocenters. The third-order valence-corrected chi connectivity index (χ3v) is 19.1. The molecule has 0 amide bonds. The van der Waals surface area contributed by atoms with Crippen molar-refractivity contribution < 1.29 is 108 Å². The first-order valence-corrected chi connectivity index (χ1v) is 26.9. The molecule has 0 bridgehead atoms. The number of ketones is 1. The van der Waals surface area contributed by atoms with Crippen molar-refractivity contribution in [1.82, 2.24) is 0 Å². The van der Waals surface area contributed by atoms with E-state index in [0.29, 0.717) is 19.3 Å². The Kier molecular flexibility index (Phi) is 16.7. The maximum Gasteiger partial charge on any atom is 0.338 e. The molecule has 7 fully saturated rings. The summed E-state index contributed by atoms with van der Waals surface area (Å²) in [5.41, 5.74) is -7.30. The minimum absolute atomic E-state index is 0.0240. The van der Waals surface area contributed by atoms with Crippen molar-refractivity contribution >= 4 is 11.8 Å². The lowest BCUT2D eigenvalue weighted by molar-refractivity contribution is -0.356. The highest BCUT2D eigenvalue weighted by atomic mass is 16.8. The number of fused-ring (bicyclic) bond motifs is 5. The minimum Gasteiger partial charge on any atom is -0.508 e. The van der Waals surface area contributed by atoms with Crippen LogP contribution in [0.1, 0.15) is 116 Å². The van der Waals surface area contributed by atoms with E-state index in [1.165, 1.54) is 45.2 Å². The maximum atomic E-state index is 13.7. The van der Waals surface area contributed by atoms with Gasteiger partial charge in [-0.1, -0.05) is 18.6 Å². The Morgan fingerprint density at radius 2 is 1.29 bits per heavy atom. The largest absolute Gasteiger partial charge is 0.508 e. The molecule has 22 heteroatoms. The van der Waals surface area contributed by atoms with Crippen molar-refractivity contribution in [2.75, 3.05) is 20.8 Å². The van der Waals surface area contributed by atoms with Gasteiger partial charge in [0.05, 0.1) is 60.3 Å². The van der Waals surface area contributed by atoms with Crippen LogP contribution >= 0.6 is 0 Å². The lowest BCUT2D eigenvalue weighted by Gasteiger charge is -2.67. The number of phenols is 1. The van der Waals surface area contributed by atoms with Gasteiger partial charge in [0.25, 0.3) is 0 Å². The predicted octanol–water partition coefficient (Wildman–Crippen LogP) is 1.18. The molecule has 4 heterocycles. The number of aliphatic hydroxyl groups excluding tert-OH is 5. The zero-order valence-corrected chi connectivity index (χ0v) is 44.5. The molecule has 3 saturated carbocycles. The molecule has 76 heavy (non-hydrogen) atoms. The molecular weight excluding hydrogens is 1000 g/mol. The number of Topliss-reactive ketones (excluding diaryl/α,β-unsaturated/α-hetero) is 1. The fourth-order valence-corrected chi connectivity index (χ4v) is 14.5. The van der Waals surface area contributed by atoms with Gasteiger partial charge in [-0.05, 0) is 109 Å². The molecular formula is C54H80O22. The summed E-state index contributed by atoms with van der Waals surface area (Å²) in [6.45, 7) is 9.56. The Morgan fingerprint density at radius 1 is 0.711 bits per heavy atom. The van der Waals surface area contributed by atoms with Crippen LogP contribution in [0.15, 0.2) is 35.9 Å². The van der Waals surface area contributed by atoms with Crippen molar-refractivity contribution in [3.8, 4) is 5.75 Å². The standard InChI is InChI=1S/C54H80O22/c1-25-45(74-40-21-34(66-7)46(26(2)69-40)75-41-22-35(67-8)47(27(3)70-41)76-49-44(61)43(60)42(59)36(24-55)72-49)33(58)20-39(68-25)71-32-14-15-50(5)30(19-32)13-16-53(64)37(50)23-38(73-48(62)29-9-11-31(57)12-10-29)51(6)52(63,28(4)56)17-18-54(51,53)65/h9-13,25-27,32-47,49,55,57-61,63-65H,14-24H2,1-8H3. The number of ether oxygens (including phenoxy) is 11. The SMILES string of the molecule is COC1CC(OC2C(O)CC(OC3CCC4(C)C(=CCC5(O)C4CC(OC(=O)c4ccc(O)cc4)C4(C)C(O)(C(C)=O)CCC54O)C3)OC2C)OC(C)C1OC1CC(OC)C(OC2OC(CO)C(O)C(O)C2O)C(C)O1. The minimum atomic E-state index is -2.10. The molecule has 25 atom stereocenters. The van der Waals surface area contributed by atoms with Crippen LogP contribution in [0.5, 0.6) is 5.75 Å². The molecule has 0 spiro atoms. The average Bonchev–Trinajstić information content (AvgIpc) is 3.84. The third-order valence-electron chi connectivity index (χ3n) is 19.1. The zero-order chi connectivity index (χ0) is 55.0. The van der Waals surface area contributed by atoms with E-state index in [9.17, 15) is 55.5 Å². The molecule has 22 nitrogen and oxygen atoms in total. The molecule has 1 aromatic carbocycles. The van der Waals surface area contributed by atoms with E-state index in [-0.39, 0.29) is 62.4 Å². The van der Waals surface area contributed by atoms with Gasteiger partial charge in [-0.15, -0.1) is 0 Å². The highest BCUT2D eigenvalue weighted by Crippen LogP contribution is 2.71. The van der Waals surface area contributed by atoms with Gasteiger partial charge in [-0.25, -0.2) is 4.79 Å². The van der Waals surface area contributed by atoms with Gasteiger partial charge in [-0.2, -0.15) is 0 Å². The van der Waals surface area contributed by atoms with E-state index in [1.54, 1.807) is 21.0 Å². The Hall–Kier alpha value is -2.82. The molecule has 4 aliphatic carbocycles. The monoisotopic (exact) mass is 1080 g/mol. The number of methoxy groups -OCH3 is 2. The molecule has 0 radical (unpaired) electrons. The van der Waals surface area contributed by atoms with E-state index in [4.69, 9.17) is 52.1 Å². The van der Waals surface area contributed by atoms with Crippen LogP contribution in [-0.4, -0.2) is 212 Å². The summed E-state index contributed by atoms with van der Waals surface area (Å²) in [6.07, 6.45) is -13.6. The predicted molar refractivity (Wildman–Crippen MR) is 261 cm³/mol. The van der Waals surface area contributed by atoms with Crippen LogP contribution in [0, 0.1) is 16.7 Å². The van der Waals surface area contributed by atoms with E-state index in [0.717, 1.165) is 5.57 Å². The number of aliphatic hydroxyl groups is 8. The average molecular weight is 1080 g/mol. The summed E-state index contributed by atoms with van der Waals surface area (Å²) in [5.74, 6) is -2.06. The van der Waals surface area contributed by atoms with Gasteiger partial charge < -0.3 is 98.1 Å². The molecule has 428 valence electrons. The smallest absolute Gasteiger partial charge is 0.338 e. The molecule has 0 aromatic heterocycles. The molecule has 4 aliphatic heterocycles.